The van der Waals surface area contributed by atoms with Gasteiger partial charge >= 0.3 is 5.97 Å². The second kappa shape index (κ2) is 8.79. The molecule has 140 valence electrons. The molecule has 5 nitrogen and oxygen atoms in total. The number of carboxylic acids is 1. The summed E-state index contributed by atoms with van der Waals surface area (Å²) in [6.45, 7) is 3.26. The number of ether oxygens (including phenoxy) is 1. The molecule has 0 unspecified atom stereocenters. The van der Waals surface area contributed by atoms with Crippen molar-refractivity contribution in [3.05, 3.63) is 83.3 Å². The molecule has 1 heterocycles. The first-order chi connectivity index (χ1) is 13.0. The number of methoxy groups -OCH3 is 1. The lowest BCUT2D eigenvalue weighted by molar-refractivity contribution is 0.0697. The normalized spacial score (nSPS) is 10.9. The van der Waals surface area contributed by atoms with Gasteiger partial charge in [0.1, 0.15) is 17.3 Å². The number of aryl methyl sites for hydroxylation is 1. The Morgan fingerprint density at radius 3 is 2.30 bits per heavy atom. The molecule has 0 bridgehead atoms. The molecule has 0 saturated carbocycles. The highest BCUT2D eigenvalue weighted by Gasteiger charge is 2.13. The number of benzene rings is 2. The monoisotopic (exact) mass is 383 g/mol. The van der Waals surface area contributed by atoms with Crippen molar-refractivity contribution in [2.24, 2.45) is 0 Å². The Hall–Kier alpha value is -2.70. The minimum absolute atomic E-state index is 0.280. The number of aromatic carboxylic acids is 1. The molecule has 2 aromatic carbocycles. The quantitative estimate of drug-likeness (QED) is 0.552. The molecule has 6 heteroatoms. The summed E-state index contributed by atoms with van der Waals surface area (Å²) in [5, 5.41) is 9.05. The summed E-state index contributed by atoms with van der Waals surface area (Å²) >= 11 is 1.57. The Kier molecular flexibility index (Phi) is 6.21. The van der Waals surface area contributed by atoms with E-state index in [0.29, 0.717) is 13.1 Å². The van der Waals surface area contributed by atoms with Crippen molar-refractivity contribution < 1.29 is 19.1 Å². The van der Waals surface area contributed by atoms with Crippen molar-refractivity contribution in [1.82, 2.24) is 4.31 Å². The summed E-state index contributed by atoms with van der Waals surface area (Å²) in [4.78, 5) is 12.0. The molecule has 0 spiro atoms. The zero-order valence-corrected chi connectivity index (χ0v) is 16.0. The summed E-state index contributed by atoms with van der Waals surface area (Å²) in [5.41, 5.74) is 1.43. The van der Waals surface area contributed by atoms with E-state index in [0.717, 1.165) is 27.7 Å². The molecule has 27 heavy (non-hydrogen) atoms. The topological polar surface area (TPSA) is 62.9 Å². The SMILES string of the molecule is COc1ccc(CN(Cc2ccc(C)o2)Sc2ccc(C(=O)O)cc2)cc1. The van der Waals surface area contributed by atoms with Crippen LogP contribution >= 0.6 is 11.9 Å². The van der Waals surface area contributed by atoms with Crippen molar-refractivity contribution in [3.63, 3.8) is 0 Å². The van der Waals surface area contributed by atoms with Crippen molar-refractivity contribution >= 4 is 17.9 Å². The number of hydrogen-bond donors (Lipinski definition) is 1. The van der Waals surface area contributed by atoms with Crippen LogP contribution in [0.15, 0.2) is 70.0 Å². The third-order valence-electron chi connectivity index (χ3n) is 3.98. The van der Waals surface area contributed by atoms with E-state index < -0.39 is 5.97 Å². The van der Waals surface area contributed by atoms with Gasteiger partial charge in [0.2, 0.25) is 0 Å². The molecule has 0 amide bonds. The van der Waals surface area contributed by atoms with Crippen LogP contribution in [-0.2, 0) is 13.1 Å². The van der Waals surface area contributed by atoms with Gasteiger partial charge in [-0.15, -0.1) is 0 Å². The number of nitrogens with zero attached hydrogens (tertiary/aromatic N) is 1. The first-order valence-corrected chi connectivity index (χ1v) is 9.25. The molecular formula is C21H21NO4S. The molecule has 1 aromatic heterocycles. The van der Waals surface area contributed by atoms with E-state index in [1.54, 1.807) is 31.2 Å². The summed E-state index contributed by atoms with van der Waals surface area (Å²) in [6.07, 6.45) is 0. The Balaban J connectivity index is 1.76. The van der Waals surface area contributed by atoms with Crippen LogP contribution in [0.2, 0.25) is 0 Å². The average Bonchev–Trinajstić information content (AvgIpc) is 3.07. The van der Waals surface area contributed by atoms with E-state index in [9.17, 15) is 4.79 Å². The standard InChI is InChI=1S/C21H21NO4S/c1-15-3-8-19(26-15)14-22(13-16-4-9-18(25-2)10-5-16)27-20-11-6-17(7-12-20)21(23)24/h3-12H,13-14H2,1-2H3,(H,23,24). The van der Waals surface area contributed by atoms with Gasteiger partial charge in [0.15, 0.2) is 0 Å². The third kappa shape index (κ3) is 5.39. The Morgan fingerprint density at radius 1 is 1.04 bits per heavy atom. The molecular weight excluding hydrogens is 362 g/mol. The van der Waals surface area contributed by atoms with E-state index in [1.165, 1.54) is 0 Å². The third-order valence-corrected chi connectivity index (χ3v) is 4.98. The lowest BCUT2D eigenvalue weighted by atomic mass is 10.2. The maximum absolute atomic E-state index is 11.0. The maximum atomic E-state index is 11.0. The fourth-order valence-corrected chi connectivity index (χ4v) is 3.57. The highest BCUT2D eigenvalue weighted by molar-refractivity contribution is 7.97. The van der Waals surface area contributed by atoms with Crippen molar-refractivity contribution in [2.45, 2.75) is 24.9 Å². The zero-order chi connectivity index (χ0) is 19.2. The van der Waals surface area contributed by atoms with Gasteiger partial charge in [0.05, 0.1) is 19.2 Å². The van der Waals surface area contributed by atoms with Crippen molar-refractivity contribution in [3.8, 4) is 5.75 Å². The number of furan rings is 1. The first-order valence-electron chi connectivity index (χ1n) is 8.48. The molecule has 0 atom stereocenters. The van der Waals surface area contributed by atoms with Crippen molar-refractivity contribution in [1.29, 1.82) is 0 Å². The molecule has 0 radical (unpaired) electrons. The highest BCUT2D eigenvalue weighted by Crippen LogP contribution is 2.28. The van der Waals surface area contributed by atoms with Crippen LogP contribution in [-0.4, -0.2) is 22.5 Å². The van der Waals surface area contributed by atoms with Crippen LogP contribution in [0.3, 0.4) is 0 Å². The Labute approximate surface area is 162 Å². The number of carboxylic acid groups (broad SMARTS) is 1. The van der Waals surface area contributed by atoms with Crippen LogP contribution in [0.25, 0.3) is 0 Å². The van der Waals surface area contributed by atoms with Crippen molar-refractivity contribution in [2.75, 3.05) is 7.11 Å². The molecule has 3 rings (SSSR count). The molecule has 0 fully saturated rings. The molecule has 0 aliphatic rings. The summed E-state index contributed by atoms with van der Waals surface area (Å²) in [7, 11) is 1.65. The molecule has 3 aromatic rings. The van der Waals surface area contributed by atoms with Crippen LogP contribution in [0.4, 0.5) is 0 Å². The smallest absolute Gasteiger partial charge is 0.335 e. The van der Waals surface area contributed by atoms with Crippen LogP contribution < -0.4 is 4.74 Å². The van der Waals surface area contributed by atoms with Gasteiger partial charge in [-0.2, -0.15) is 0 Å². The predicted octanol–water partition coefficient (Wildman–Crippen LogP) is 5.00. The second-order valence-electron chi connectivity index (χ2n) is 6.08. The summed E-state index contributed by atoms with van der Waals surface area (Å²) in [6, 6.07) is 18.8. The zero-order valence-electron chi connectivity index (χ0n) is 15.2. The number of hydrogen-bond acceptors (Lipinski definition) is 5. The van der Waals surface area contributed by atoms with Crippen LogP contribution in [0, 0.1) is 6.92 Å². The fraction of sp³-hybridized carbons (Fsp3) is 0.190. The fourth-order valence-electron chi connectivity index (χ4n) is 2.61. The Bertz CT molecular complexity index is 887. The summed E-state index contributed by atoms with van der Waals surface area (Å²) < 4.78 is 13.1. The summed E-state index contributed by atoms with van der Waals surface area (Å²) in [5.74, 6) is 1.66. The van der Waals surface area contributed by atoms with E-state index >= 15 is 0 Å². The minimum Gasteiger partial charge on any atom is -0.497 e. The highest BCUT2D eigenvalue weighted by atomic mass is 32.2. The van der Waals surface area contributed by atoms with Gasteiger partial charge in [0.25, 0.3) is 0 Å². The predicted molar refractivity (Wildman–Crippen MR) is 105 cm³/mol. The lowest BCUT2D eigenvalue weighted by Crippen LogP contribution is -2.14. The maximum Gasteiger partial charge on any atom is 0.335 e. The molecule has 1 N–H and O–H groups in total. The number of rotatable bonds is 8. The minimum atomic E-state index is -0.923. The van der Waals surface area contributed by atoms with E-state index in [4.69, 9.17) is 14.3 Å². The van der Waals surface area contributed by atoms with Crippen LogP contribution in [0.5, 0.6) is 5.75 Å². The first kappa shape index (κ1) is 19.1. The number of carbonyl (C=O) groups is 1. The largest absolute Gasteiger partial charge is 0.497 e. The van der Waals surface area contributed by atoms with Gasteiger partial charge in [-0.25, -0.2) is 9.10 Å². The van der Waals surface area contributed by atoms with Gasteiger partial charge in [-0.1, -0.05) is 12.1 Å². The van der Waals surface area contributed by atoms with Crippen LogP contribution in [0.1, 0.15) is 27.4 Å². The lowest BCUT2D eigenvalue weighted by Gasteiger charge is -2.20. The van der Waals surface area contributed by atoms with Gasteiger partial charge in [-0.05, 0) is 73.0 Å². The second-order valence-corrected chi connectivity index (χ2v) is 7.25. The molecule has 0 aliphatic heterocycles. The Morgan fingerprint density at radius 2 is 1.74 bits per heavy atom. The van der Waals surface area contributed by atoms with Gasteiger partial charge < -0.3 is 14.3 Å². The van der Waals surface area contributed by atoms with E-state index in [2.05, 4.69) is 4.31 Å². The molecule has 0 aliphatic carbocycles. The van der Waals surface area contributed by atoms with Gasteiger partial charge in [0, 0.05) is 11.4 Å². The molecule has 0 saturated heterocycles. The average molecular weight is 383 g/mol. The van der Waals surface area contributed by atoms with E-state index in [-0.39, 0.29) is 5.56 Å². The van der Waals surface area contributed by atoms with E-state index in [1.807, 2.05) is 55.5 Å². The van der Waals surface area contributed by atoms with Gasteiger partial charge in [-0.3, -0.25) is 0 Å².